The molecule has 3 N–H and O–H groups in total. The predicted octanol–water partition coefficient (Wildman–Crippen LogP) is 2.17. The van der Waals surface area contributed by atoms with Crippen molar-refractivity contribution in [2.45, 2.75) is 72.1 Å². The van der Waals surface area contributed by atoms with Crippen LogP contribution in [0.25, 0.3) is 11.2 Å². The molecule has 2 rings (SSSR count). The van der Waals surface area contributed by atoms with Crippen LogP contribution in [-0.4, -0.2) is 55.0 Å². The van der Waals surface area contributed by atoms with Crippen LogP contribution < -0.4 is 10.6 Å². The molecule has 1 amide bonds. The van der Waals surface area contributed by atoms with Gasteiger partial charge in [-0.25, -0.2) is 9.78 Å². The number of carbonyl (C=O) groups is 3. The third kappa shape index (κ3) is 6.98. The number of rotatable bonds is 6. The molecule has 0 saturated carbocycles. The first-order valence-corrected chi connectivity index (χ1v) is 9.43. The Morgan fingerprint density at radius 1 is 1.07 bits per heavy atom. The number of carbonyl (C=O) groups excluding carboxylic acids is 3. The molecule has 0 aliphatic carbocycles. The third-order valence-corrected chi connectivity index (χ3v) is 3.37. The van der Waals surface area contributed by atoms with Gasteiger partial charge in [0.2, 0.25) is 11.9 Å². The lowest BCUT2D eigenvalue weighted by molar-refractivity contribution is -0.163. The van der Waals surface area contributed by atoms with Gasteiger partial charge in [-0.2, -0.15) is 9.97 Å². The van der Waals surface area contributed by atoms with Crippen LogP contribution in [0.15, 0.2) is 6.33 Å². The maximum absolute atomic E-state index is 12.8. The first kappa shape index (κ1) is 23.0. The Hall–Kier alpha value is -3.24. The molecular weight excluding hydrogens is 392 g/mol. The molecule has 0 aliphatic heterocycles. The van der Waals surface area contributed by atoms with E-state index in [9.17, 15) is 14.4 Å². The average molecular weight is 420 g/mol. The Kier molecular flexibility index (Phi) is 6.63. The van der Waals surface area contributed by atoms with Gasteiger partial charge >= 0.3 is 11.9 Å². The standard InChI is InChI=1S/C19H28N6O5/c1-10(26)22-17-24-14-13(20-9-21-14)15(25-17)23-11(16(28)30-19(5,6)7)8-12(27)29-18(2,3)4/h9,11H,8H2,1-7H3,(H3,20,21,22,23,24,25,26)/t11-/m0/s1. The number of nitrogens with one attached hydrogen (secondary N) is 3. The van der Waals surface area contributed by atoms with Crippen LogP contribution in [0.3, 0.4) is 0 Å². The fourth-order valence-corrected chi connectivity index (χ4v) is 2.43. The molecule has 0 aliphatic rings. The largest absolute Gasteiger partial charge is 0.460 e. The third-order valence-electron chi connectivity index (χ3n) is 3.37. The van der Waals surface area contributed by atoms with Gasteiger partial charge in [-0.15, -0.1) is 0 Å². The van der Waals surface area contributed by atoms with Gasteiger partial charge in [0.25, 0.3) is 0 Å². The van der Waals surface area contributed by atoms with Gasteiger partial charge in [0.05, 0.1) is 12.7 Å². The molecule has 2 aromatic rings. The molecule has 0 radical (unpaired) electrons. The number of amides is 1. The first-order chi connectivity index (χ1) is 13.7. The minimum atomic E-state index is -1.09. The highest BCUT2D eigenvalue weighted by Crippen LogP contribution is 2.22. The number of anilines is 2. The van der Waals surface area contributed by atoms with E-state index >= 15 is 0 Å². The van der Waals surface area contributed by atoms with E-state index in [4.69, 9.17) is 9.47 Å². The zero-order valence-electron chi connectivity index (χ0n) is 18.2. The molecule has 0 fully saturated rings. The van der Waals surface area contributed by atoms with Crippen molar-refractivity contribution in [2.24, 2.45) is 0 Å². The predicted molar refractivity (Wildman–Crippen MR) is 110 cm³/mol. The maximum atomic E-state index is 12.8. The number of fused-ring (bicyclic) bond motifs is 1. The summed E-state index contributed by atoms with van der Waals surface area (Å²) in [5.41, 5.74) is -0.792. The zero-order chi connectivity index (χ0) is 22.7. The molecule has 11 heteroatoms. The van der Waals surface area contributed by atoms with E-state index < -0.39 is 29.2 Å². The Morgan fingerprint density at radius 2 is 1.70 bits per heavy atom. The van der Waals surface area contributed by atoms with Gasteiger partial charge in [0.15, 0.2) is 11.5 Å². The van der Waals surface area contributed by atoms with Crippen LogP contribution in [-0.2, 0) is 23.9 Å². The number of aromatic amines is 1. The summed E-state index contributed by atoms with van der Waals surface area (Å²) in [7, 11) is 0. The van der Waals surface area contributed by atoms with E-state index in [1.807, 2.05) is 0 Å². The SMILES string of the molecule is CC(=O)Nc1nc(N[C@@H](CC(=O)OC(C)(C)C)C(=O)OC(C)(C)C)c2[nH]cnc2n1. The van der Waals surface area contributed by atoms with Gasteiger partial charge in [0, 0.05) is 6.92 Å². The molecular formula is C19H28N6O5. The minimum absolute atomic E-state index is 0.00445. The topological polar surface area (TPSA) is 148 Å². The molecule has 2 heterocycles. The summed E-state index contributed by atoms with van der Waals surface area (Å²) in [6.45, 7) is 11.7. The summed E-state index contributed by atoms with van der Waals surface area (Å²) in [5.74, 6) is -1.41. The second kappa shape index (κ2) is 8.64. The van der Waals surface area contributed by atoms with Crippen molar-refractivity contribution in [3.63, 3.8) is 0 Å². The Morgan fingerprint density at radius 3 is 2.27 bits per heavy atom. The number of hydrogen-bond donors (Lipinski definition) is 3. The smallest absolute Gasteiger partial charge is 0.329 e. The lowest BCUT2D eigenvalue weighted by Gasteiger charge is -2.26. The second-order valence-electron chi connectivity index (χ2n) is 8.70. The number of aromatic nitrogens is 4. The highest BCUT2D eigenvalue weighted by atomic mass is 16.6. The summed E-state index contributed by atoms with van der Waals surface area (Å²) >= 11 is 0. The fraction of sp³-hybridized carbons (Fsp3) is 0.579. The van der Waals surface area contributed by atoms with Crippen LogP contribution in [0, 0.1) is 0 Å². The van der Waals surface area contributed by atoms with Crippen LogP contribution >= 0.6 is 0 Å². The number of hydrogen-bond acceptors (Lipinski definition) is 9. The van der Waals surface area contributed by atoms with Gasteiger partial charge in [-0.3, -0.25) is 14.9 Å². The van der Waals surface area contributed by atoms with Crippen LogP contribution in [0.4, 0.5) is 11.8 Å². The molecule has 1 atom stereocenters. The molecule has 0 aromatic carbocycles. The molecule has 0 bridgehead atoms. The van der Waals surface area contributed by atoms with Crippen molar-refractivity contribution in [1.82, 2.24) is 19.9 Å². The normalized spacial score (nSPS) is 12.9. The van der Waals surface area contributed by atoms with E-state index in [1.54, 1.807) is 41.5 Å². The average Bonchev–Trinajstić information content (AvgIpc) is 2.98. The van der Waals surface area contributed by atoms with E-state index in [0.29, 0.717) is 5.52 Å². The van der Waals surface area contributed by atoms with Crippen molar-refractivity contribution in [3.8, 4) is 0 Å². The van der Waals surface area contributed by atoms with Crippen molar-refractivity contribution in [2.75, 3.05) is 10.6 Å². The number of ether oxygens (including phenoxy) is 2. The number of esters is 2. The monoisotopic (exact) mass is 420 g/mol. The summed E-state index contributed by atoms with van der Waals surface area (Å²) in [4.78, 5) is 51.8. The highest BCUT2D eigenvalue weighted by Gasteiger charge is 2.30. The number of nitrogens with zero attached hydrogens (tertiary/aromatic N) is 3. The van der Waals surface area contributed by atoms with Crippen LogP contribution in [0.2, 0.25) is 0 Å². The van der Waals surface area contributed by atoms with Crippen molar-refractivity contribution >= 4 is 40.8 Å². The van der Waals surface area contributed by atoms with E-state index in [0.717, 1.165) is 0 Å². The molecule has 0 saturated heterocycles. The molecule has 0 unspecified atom stereocenters. The van der Waals surface area contributed by atoms with Crippen molar-refractivity contribution in [1.29, 1.82) is 0 Å². The number of H-pyrrole nitrogens is 1. The van der Waals surface area contributed by atoms with Gasteiger partial charge < -0.3 is 19.8 Å². The Bertz CT molecular complexity index is 941. The maximum Gasteiger partial charge on any atom is 0.329 e. The summed E-state index contributed by atoms with van der Waals surface area (Å²) < 4.78 is 10.8. The number of imidazole rings is 1. The quantitative estimate of drug-likeness (QED) is 0.598. The zero-order valence-corrected chi connectivity index (χ0v) is 18.2. The van der Waals surface area contributed by atoms with Crippen LogP contribution in [0.1, 0.15) is 54.9 Å². The molecule has 164 valence electrons. The Labute approximate surface area is 174 Å². The van der Waals surface area contributed by atoms with E-state index in [-0.39, 0.29) is 29.7 Å². The van der Waals surface area contributed by atoms with Gasteiger partial charge in [0.1, 0.15) is 22.8 Å². The van der Waals surface area contributed by atoms with Crippen LogP contribution in [0.5, 0.6) is 0 Å². The first-order valence-electron chi connectivity index (χ1n) is 9.43. The highest BCUT2D eigenvalue weighted by molar-refractivity contribution is 5.92. The lowest BCUT2D eigenvalue weighted by Crippen LogP contribution is -2.39. The molecule has 2 aromatic heterocycles. The molecule has 11 nitrogen and oxygen atoms in total. The summed E-state index contributed by atoms with van der Waals surface area (Å²) in [6.07, 6.45) is 1.11. The van der Waals surface area contributed by atoms with E-state index in [2.05, 4.69) is 30.6 Å². The van der Waals surface area contributed by atoms with Gasteiger partial charge in [-0.05, 0) is 41.5 Å². The fourth-order valence-electron chi connectivity index (χ4n) is 2.43. The summed E-state index contributed by atoms with van der Waals surface area (Å²) in [6, 6.07) is -1.09. The van der Waals surface area contributed by atoms with Crippen molar-refractivity contribution in [3.05, 3.63) is 6.33 Å². The van der Waals surface area contributed by atoms with Crippen molar-refractivity contribution < 1.29 is 23.9 Å². The minimum Gasteiger partial charge on any atom is -0.460 e. The van der Waals surface area contributed by atoms with Gasteiger partial charge in [-0.1, -0.05) is 0 Å². The lowest BCUT2D eigenvalue weighted by atomic mass is 10.1. The Balaban J connectivity index is 2.36. The molecule has 0 spiro atoms. The summed E-state index contributed by atoms with van der Waals surface area (Å²) in [5, 5.41) is 5.39. The second-order valence-corrected chi connectivity index (χ2v) is 8.70. The molecule has 30 heavy (non-hydrogen) atoms. The van der Waals surface area contributed by atoms with E-state index in [1.165, 1.54) is 13.3 Å².